The molecule has 4 rings (SSSR count). The summed E-state index contributed by atoms with van der Waals surface area (Å²) in [7, 11) is 0. The summed E-state index contributed by atoms with van der Waals surface area (Å²) < 4.78 is 0. The molecular weight excluding hydrogens is 388 g/mol. The number of fused-ring (bicyclic) bond motifs is 5. The van der Waals surface area contributed by atoms with Gasteiger partial charge in [0.25, 0.3) is 0 Å². The Hall–Kier alpha value is -0.970. The second kappa shape index (κ2) is 8.11. The molecule has 3 fully saturated rings. The van der Waals surface area contributed by atoms with Crippen LogP contribution >= 0.6 is 0 Å². The standard InChI is InChI=1S/C27H42O4/c1-5-17(2)8-12-26(4,31)24-23(30)15-22-20-7-6-18-14-19(29)9-11-25(18,3)21(20)10-13-27(22,24)16-28/h8,12,14,17,20-24,28,30-31H,5-7,9-11,13,15-16H2,1-4H3/b12-8+/t17?,20-,21+,22+,23+,24-,25+,26?,27-/m1/s1. The Morgan fingerprint density at radius 3 is 2.68 bits per heavy atom. The van der Waals surface area contributed by atoms with E-state index in [1.165, 1.54) is 5.57 Å². The van der Waals surface area contributed by atoms with Crippen molar-refractivity contribution in [3.05, 3.63) is 23.8 Å². The Labute approximate surface area is 187 Å². The van der Waals surface area contributed by atoms with Crippen molar-refractivity contribution in [3.63, 3.8) is 0 Å². The highest BCUT2D eigenvalue weighted by Gasteiger charge is 2.65. The van der Waals surface area contributed by atoms with Crippen LogP contribution in [0.5, 0.6) is 0 Å². The Morgan fingerprint density at radius 1 is 1.26 bits per heavy atom. The van der Waals surface area contributed by atoms with Crippen molar-refractivity contribution in [1.29, 1.82) is 0 Å². The SMILES string of the molecule is CCC(C)/C=C/C(C)(O)[C@H]1[C@@H](O)C[C@H]2[C@@H]3CCC4=CC(=O)CC[C@]4(C)[C@H]3CC[C@]12CO. The predicted octanol–water partition coefficient (Wildman–Crippen LogP) is 4.43. The zero-order valence-corrected chi connectivity index (χ0v) is 19.8. The molecule has 3 saturated carbocycles. The molecule has 0 radical (unpaired) electrons. The number of ketones is 1. The lowest BCUT2D eigenvalue weighted by Gasteiger charge is -2.59. The molecule has 3 N–H and O–H groups in total. The topological polar surface area (TPSA) is 77.8 Å². The second-order valence-corrected chi connectivity index (χ2v) is 11.7. The van der Waals surface area contributed by atoms with Gasteiger partial charge in [0.05, 0.1) is 11.7 Å². The van der Waals surface area contributed by atoms with Gasteiger partial charge in [0.2, 0.25) is 0 Å². The van der Waals surface area contributed by atoms with Gasteiger partial charge >= 0.3 is 0 Å². The monoisotopic (exact) mass is 430 g/mol. The molecule has 0 spiro atoms. The van der Waals surface area contributed by atoms with E-state index in [0.717, 1.165) is 38.5 Å². The van der Waals surface area contributed by atoms with Crippen LogP contribution in [0.4, 0.5) is 0 Å². The van der Waals surface area contributed by atoms with Crippen LogP contribution < -0.4 is 0 Å². The quantitative estimate of drug-likeness (QED) is 0.564. The highest BCUT2D eigenvalue weighted by molar-refractivity contribution is 5.91. The van der Waals surface area contributed by atoms with Gasteiger partial charge in [-0.2, -0.15) is 0 Å². The molecule has 0 aromatic rings. The molecule has 4 aliphatic rings. The lowest BCUT2D eigenvalue weighted by molar-refractivity contribution is -0.132. The van der Waals surface area contributed by atoms with Crippen molar-refractivity contribution in [2.75, 3.05) is 6.61 Å². The summed E-state index contributed by atoms with van der Waals surface area (Å²) in [5, 5.41) is 33.5. The minimum Gasteiger partial charge on any atom is -0.396 e. The molecule has 0 aromatic carbocycles. The maximum Gasteiger partial charge on any atom is 0.155 e. The fourth-order valence-corrected chi connectivity index (χ4v) is 8.24. The third-order valence-corrected chi connectivity index (χ3v) is 10.0. The van der Waals surface area contributed by atoms with Gasteiger partial charge < -0.3 is 15.3 Å². The molecule has 4 aliphatic carbocycles. The highest BCUT2D eigenvalue weighted by atomic mass is 16.3. The van der Waals surface area contributed by atoms with E-state index < -0.39 is 17.1 Å². The van der Waals surface area contributed by atoms with Gasteiger partial charge in [0.15, 0.2) is 5.78 Å². The maximum absolute atomic E-state index is 12.1. The maximum atomic E-state index is 12.1. The summed E-state index contributed by atoms with van der Waals surface area (Å²) in [5.41, 5.74) is -0.180. The average molecular weight is 431 g/mol. The first-order valence-corrected chi connectivity index (χ1v) is 12.5. The number of aliphatic hydroxyl groups is 3. The van der Waals surface area contributed by atoms with Crippen molar-refractivity contribution in [1.82, 2.24) is 0 Å². The van der Waals surface area contributed by atoms with E-state index in [4.69, 9.17) is 0 Å². The largest absolute Gasteiger partial charge is 0.396 e. The van der Waals surface area contributed by atoms with Crippen molar-refractivity contribution < 1.29 is 20.1 Å². The minimum atomic E-state index is -1.14. The molecule has 0 bridgehead atoms. The molecular formula is C27H42O4. The summed E-state index contributed by atoms with van der Waals surface area (Å²) in [6.45, 7) is 8.46. The van der Waals surface area contributed by atoms with E-state index in [1.807, 2.05) is 19.1 Å². The molecule has 4 heteroatoms. The number of hydrogen-bond donors (Lipinski definition) is 3. The van der Waals surface area contributed by atoms with E-state index in [0.29, 0.717) is 30.6 Å². The number of carbonyl (C=O) groups excluding carboxylic acids is 1. The Kier molecular flexibility index (Phi) is 6.07. The fourth-order valence-electron chi connectivity index (χ4n) is 8.24. The van der Waals surface area contributed by atoms with Crippen molar-refractivity contribution in [2.24, 2.45) is 40.4 Å². The zero-order valence-electron chi connectivity index (χ0n) is 19.8. The van der Waals surface area contributed by atoms with Crippen LogP contribution in [0, 0.1) is 40.4 Å². The van der Waals surface area contributed by atoms with Crippen LogP contribution in [0.15, 0.2) is 23.8 Å². The molecule has 9 atom stereocenters. The second-order valence-electron chi connectivity index (χ2n) is 11.7. The van der Waals surface area contributed by atoms with Crippen molar-refractivity contribution >= 4 is 5.78 Å². The zero-order chi connectivity index (χ0) is 22.6. The first-order chi connectivity index (χ1) is 14.6. The number of hydrogen-bond acceptors (Lipinski definition) is 4. The summed E-state index contributed by atoms with van der Waals surface area (Å²) in [5.74, 6) is 1.44. The first kappa shape index (κ1) is 23.2. The number of carbonyl (C=O) groups is 1. The summed E-state index contributed by atoms with van der Waals surface area (Å²) in [6.07, 6.45) is 12.3. The normalized spacial score (nSPS) is 45.5. The van der Waals surface area contributed by atoms with Gasteiger partial charge in [-0.15, -0.1) is 0 Å². The molecule has 4 nitrogen and oxygen atoms in total. The van der Waals surface area contributed by atoms with Crippen LogP contribution in [0.1, 0.15) is 79.1 Å². The van der Waals surface area contributed by atoms with E-state index in [1.54, 1.807) is 0 Å². The Bertz CT molecular complexity index is 767. The van der Waals surface area contributed by atoms with Gasteiger partial charge in [-0.1, -0.05) is 44.9 Å². The lowest BCUT2D eigenvalue weighted by Crippen LogP contribution is -2.56. The van der Waals surface area contributed by atoms with Crippen molar-refractivity contribution in [2.45, 2.75) is 90.8 Å². The minimum absolute atomic E-state index is 0.0217. The van der Waals surface area contributed by atoms with E-state index in [9.17, 15) is 20.1 Å². The summed E-state index contributed by atoms with van der Waals surface area (Å²) in [6, 6.07) is 0. The van der Waals surface area contributed by atoms with Gasteiger partial charge in [-0.3, -0.25) is 4.79 Å². The molecule has 174 valence electrons. The van der Waals surface area contributed by atoms with Gasteiger partial charge in [0, 0.05) is 24.4 Å². The van der Waals surface area contributed by atoms with Gasteiger partial charge in [0.1, 0.15) is 0 Å². The predicted molar refractivity (Wildman–Crippen MR) is 122 cm³/mol. The molecule has 2 unspecified atom stereocenters. The number of allylic oxidation sites excluding steroid dienone is 2. The third-order valence-electron chi connectivity index (χ3n) is 10.0. The summed E-state index contributed by atoms with van der Waals surface area (Å²) in [4.78, 5) is 12.1. The van der Waals surface area contributed by atoms with Crippen LogP contribution in [0.25, 0.3) is 0 Å². The average Bonchev–Trinajstić information content (AvgIpc) is 3.05. The van der Waals surface area contributed by atoms with Crippen LogP contribution in [-0.2, 0) is 4.79 Å². The van der Waals surface area contributed by atoms with E-state index in [-0.39, 0.29) is 29.6 Å². The Balaban J connectivity index is 1.66. The lowest BCUT2D eigenvalue weighted by atomic mass is 9.46. The molecule has 0 saturated heterocycles. The molecule has 0 heterocycles. The van der Waals surface area contributed by atoms with Gasteiger partial charge in [-0.25, -0.2) is 0 Å². The van der Waals surface area contributed by atoms with E-state index >= 15 is 0 Å². The third kappa shape index (κ3) is 3.57. The smallest absolute Gasteiger partial charge is 0.155 e. The number of aliphatic hydroxyl groups excluding tert-OH is 2. The summed E-state index contributed by atoms with van der Waals surface area (Å²) >= 11 is 0. The molecule has 31 heavy (non-hydrogen) atoms. The molecule has 0 aromatic heterocycles. The van der Waals surface area contributed by atoms with E-state index in [2.05, 4.69) is 26.8 Å². The van der Waals surface area contributed by atoms with Crippen molar-refractivity contribution in [3.8, 4) is 0 Å². The van der Waals surface area contributed by atoms with Crippen LogP contribution in [-0.4, -0.2) is 39.4 Å². The van der Waals surface area contributed by atoms with Gasteiger partial charge in [-0.05, 0) is 80.6 Å². The molecule has 0 amide bonds. The first-order valence-electron chi connectivity index (χ1n) is 12.5. The number of rotatable bonds is 5. The fraction of sp³-hybridized carbons (Fsp3) is 0.815. The highest BCUT2D eigenvalue weighted by Crippen LogP contribution is 2.67. The van der Waals surface area contributed by atoms with Crippen LogP contribution in [0.3, 0.4) is 0 Å². The Morgan fingerprint density at radius 2 is 2.00 bits per heavy atom. The molecule has 0 aliphatic heterocycles. The van der Waals surface area contributed by atoms with Crippen LogP contribution in [0.2, 0.25) is 0 Å².